The molecule has 0 atom stereocenters. The Morgan fingerprint density at radius 1 is 1.12 bits per heavy atom. The first-order chi connectivity index (χ1) is 11.6. The van der Waals surface area contributed by atoms with Crippen LogP contribution >= 0.6 is 34.2 Å². The van der Waals surface area contributed by atoms with Crippen LogP contribution in [0.1, 0.15) is 6.92 Å². The minimum atomic E-state index is -4.08. The van der Waals surface area contributed by atoms with Crippen molar-refractivity contribution in [3.63, 3.8) is 0 Å². The highest BCUT2D eigenvalue weighted by Gasteiger charge is 2.22. The number of hydrogen-bond donors (Lipinski definition) is 3. The Labute approximate surface area is 161 Å². The summed E-state index contributed by atoms with van der Waals surface area (Å²) in [5, 5.41) is 1.96. The first-order valence-electron chi connectivity index (χ1n) is 6.81. The molecule has 0 unspecified atom stereocenters. The number of rotatable bonds is 6. The van der Waals surface area contributed by atoms with Crippen molar-refractivity contribution in [1.82, 2.24) is 4.72 Å². The van der Waals surface area contributed by atoms with Gasteiger partial charge in [0.15, 0.2) is 11.6 Å². The van der Waals surface area contributed by atoms with Crippen molar-refractivity contribution in [2.75, 3.05) is 16.6 Å². The van der Waals surface area contributed by atoms with E-state index < -0.39 is 44.1 Å². The lowest BCUT2D eigenvalue weighted by Gasteiger charge is -2.17. The molecule has 0 spiro atoms. The van der Waals surface area contributed by atoms with Crippen LogP contribution in [0, 0.1) is 21.0 Å². The number of hydrogen-bond acceptors (Lipinski definition) is 3. The van der Waals surface area contributed by atoms with Crippen LogP contribution < -0.4 is 14.8 Å². The summed E-state index contributed by atoms with van der Waals surface area (Å²) in [6.45, 7) is 1.59. The first kappa shape index (κ1) is 20.1. The maximum Gasteiger partial charge on any atom is 0.299 e. The molecule has 0 radical (unpaired) electrons. The van der Waals surface area contributed by atoms with Gasteiger partial charge in [0.25, 0.3) is 10.2 Å². The molecule has 0 aliphatic rings. The van der Waals surface area contributed by atoms with E-state index in [0.29, 0.717) is 9.64 Å². The summed E-state index contributed by atoms with van der Waals surface area (Å²) in [5.41, 5.74) is -1.25. The molecule has 3 N–H and O–H groups in total. The molecule has 0 aromatic heterocycles. The van der Waals surface area contributed by atoms with Crippen molar-refractivity contribution >= 4 is 61.5 Å². The second-order valence-electron chi connectivity index (χ2n) is 4.76. The molecule has 0 aliphatic carbocycles. The van der Waals surface area contributed by atoms with Crippen LogP contribution in [0.2, 0.25) is 5.02 Å². The Hall–Kier alpha value is -1.24. The fraction of sp³-hybridized carbons (Fsp3) is 0.143. The van der Waals surface area contributed by atoms with E-state index in [0.717, 1.165) is 0 Å². The highest BCUT2D eigenvalue weighted by Crippen LogP contribution is 2.37. The second-order valence-corrected chi connectivity index (χ2v) is 7.91. The van der Waals surface area contributed by atoms with Crippen molar-refractivity contribution in [2.45, 2.75) is 6.92 Å². The lowest BCUT2D eigenvalue weighted by Crippen LogP contribution is -2.30. The van der Waals surface area contributed by atoms with Crippen LogP contribution in [-0.4, -0.2) is 15.0 Å². The molecule has 0 saturated heterocycles. The average molecular weight is 506 g/mol. The number of anilines is 3. The molecule has 0 amide bonds. The number of benzene rings is 2. The van der Waals surface area contributed by atoms with Gasteiger partial charge in [-0.25, -0.2) is 13.2 Å². The third-order valence-corrected chi connectivity index (χ3v) is 5.04. The predicted octanol–water partition coefficient (Wildman–Crippen LogP) is 4.37. The third-order valence-electron chi connectivity index (χ3n) is 2.93. The molecule has 2 rings (SSSR count). The lowest BCUT2D eigenvalue weighted by atomic mass is 10.2. The van der Waals surface area contributed by atoms with Gasteiger partial charge in [-0.05, 0) is 46.9 Å². The normalized spacial score (nSPS) is 11.4. The van der Waals surface area contributed by atoms with Gasteiger partial charge in [0.2, 0.25) is 0 Å². The van der Waals surface area contributed by atoms with E-state index in [-0.39, 0.29) is 12.2 Å². The molecule has 2 aromatic rings. The van der Waals surface area contributed by atoms with E-state index in [1.54, 1.807) is 0 Å². The average Bonchev–Trinajstić information content (AvgIpc) is 2.50. The molecule has 11 heteroatoms. The molecule has 0 heterocycles. The Balaban J connectivity index is 2.55. The van der Waals surface area contributed by atoms with Crippen molar-refractivity contribution < 1.29 is 21.6 Å². The maximum atomic E-state index is 14.2. The van der Waals surface area contributed by atoms with Crippen LogP contribution in [0.4, 0.5) is 30.2 Å². The van der Waals surface area contributed by atoms with Crippen LogP contribution in [0.5, 0.6) is 0 Å². The molecule has 5 nitrogen and oxygen atoms in total. The van der Waals surface area contributed by atoms with E-state index in [1.807, 2.05) is 27.3 Å². The fourth-order valence-electron chi connectivity index (χ4n) is 1.90. The summed E-state index contributed by atoms with van der Waals surface area (Å²) in [6, 6.07) is 4.63. The van der Waals surface area contributed by atoms with E-state index in [2.05, 4.69) is 10.0 Å². The topological polar surface area (TPSA) is 70.2 Å². The lowest BCUT2D eigenvalue weighted by molar-refractivity contribution is 0.512. The molecule has 0 saturated carbocycles. The Morgan fingerprint density at radius 2 is 1.80 bits per heavy atom. The molecule has 0 fully saturated rings. The van der Waals surface area contributed by atoms with Gasteiger partial charge in [-0.1, -0.05) is 18.5 Å². The molecular weight excluding hydrogens is 494 g/mol. The maximum absolute atomic E-state index is 14.2. The summed E-state index contributed by atoms with van der Waals surface area (Å²) in [4.78, 5) is 0. The van der Waals surface area contributed by atoms with Crippen molar-refractivity contribution in [2.24, 2.45) is 0 Å². The van der Waals surface area contributed by atoms with E-state index in [4.69, 9.17) is 11.6 Å². The highest BCUT2D eigenvalue weighted by molar-refractivity contribution is 14.1. The minimum Gasteiger partial charge on any atom is -0.349 e. The van der Waals surface area contributed by atoms with Gasteiger partial charge in [0.05, 0.1) is 16.4 Å². The first-order valence-corrected chi connectivity index (χ1v) is 9.75. The number of halogens is 5. The Kier molecular flexibility index (Phi) is 6.40. The van der Waals surface area contributed by atoms with Crippen LogP contribution in [0.3, 0.4) is 0 Å². The molecule has 136 valence electrons. The van der Waals surface area contributed by atoms with E-state index >= 15 is 0 Å². The molecule has 0 bridgehead atoms. The molecular formula is C14H12ClF3IN3O2S. The Morgan fingerprint density at radius 3 is 2.40 bits per heavy atom. The monoisotopic (exact) mass is 505 g/mol. The summed E-state index contributed by atoms with van der Waals surface area (Å²) in [6.07, 6.45) is 0. The van der Waals surface area contributed by atoms with Gasteiger partial charge >= 0.3 is 0 Å². The minimum absolute atomic E-state index is 0.0607. The summed E-state index contributed by atoms with van der Waals surface area (Å²) >= 11 is 7.73. The van der Waals surface area contributed by atoms with Crippen LogP contribution in [0.15, 0.2) is 24.3 Å². The number of nitrogens with one attached hydrogen (secondary N) is 3. The summed E-state index contributed by atoms with van der Waals surface area (Å²) in [5.74, 6) is -3.45. The fourth-order valence-corrected chi connectivity index (χ4v) is 3.58. The SMILES string of the molecule is CCNS(=O)(=O)Nc1c(Cl)cc(F)c(F)c1Nc1ccc(I)cc1F. The van der Waals surface area contributed by atoms with Gasteiger partial charge in [0, 0.05) is 10.1 Å². The van der Waals surface area contributed by atoms with Gasteiger partial charge in [0.1, 0.15) is 11.5 Å². The smallest absolute Gasteiger partial charge is 0.299 e. The Bertz CT molecular complexity index is 913. The van der Waals surface area contributed by atoms with Gasteiger partial charge in [-0.15, -0.1) is 0 Å². The zero-order chi connectivity index (χ0) is 18.8. The zero-order valence-electron chi connectivity index (χ0n) is 12.6. The van der Waals surface area contributed by atoms with Crippen molar-refractivity contribution in [1.29, 1.82) is 0 Å². The largest absolute Gasteiger partial charge is 0.349 e. The predicted molar refractivity (Wildman–Crippen MR) is 100.0 cm³/mol. The van der Waals surface area contributed by atoms with Crippen molar-refractivity contribution in [3.8, 4) is 0 Å². The standard InChI is InChI=1S/C14H12ClF3IN3O2S/c1-2-20-25(23,24)22-13-8(15)6-10(17)12(18)14(13)21-11-4-3-7(19)5-9(11)16/h3-6,20-22H,2H2,1H3. The second kappa shape index (κ2) is 7.98. The van der Waals surface area contributed by atoms with E-state index in [1.165, 1.54) is 25.1 Å². The van der Waals surface area contributed by atoms with Gasteiger partial charge in [-0.3, -0.25) is 4.72 Å². The zero-order valence-corrected chi connectivity index (χ0v) is 16.4. The molecule has 2 aromatic carbocycles. The van der Waals surface area contributed by atoms with Gasteiger partial charge < -0.3 is 5.32 Å². The van der Waals surface area contributed by atoms with Crippen LogP contribution in [0.25, 0.3) is 0 Å². The van der Waals surface area contributed by atoms with Crippen molar-refractivity contribution in [3.05, 3.63) is 50.3 Å². The van der Waals surface area contributed by atoms with Crippen LogP contribution in [-0.2, 0) is 10.2 Å². The molecule has 0 aliphatic heterocycles. The third kappa shape index (κ3) is 4.90. The van der Waals surface area contributed by atoms with Gasteiger partial charge in [-0.2, -0.15) is 13.1 Å². The summed E-state index contributed by atoms with van der Waals surface area (Å²) in [7, 11) is -4.08. The summed E-state index contributed by atoms with van der Waals surface area (Å²) < 4.78 is 70.4. The molecule has 25 heavy (non-hydrogen) atoms. The van der Waals surface area contributed by atoms with E-state index in [9.17, 15) is 21.6 Å². The quantitative estimate of drug-likeness (QED) is 0.403. The highest BCUT2D eigenvalue weighted by atomic mass is 127.